The molecule has 3 atom stereocenters. The van der Waals surface area contributed by atoms with Gasteiger partial charge in [-0.15, -0.1) is 0 Å². The minimum Gasteiger partial charge on any atom is -0.368 e. The fourth-order valence-corrected chi connectivity index (χ4v) is 3.68. The summed E-state index contributed by atoms with van der Waals surface area (Å²) >= 11 is 0. The summed E-state index contributed by atoms with van der Waals surface area (Å²) in [6, 6.07) is 4.08. The number of hydrogen-bond donors (Lipinski definition) is 0. The first-order valence-corrected chi connectivity index (χ1v) is 8.61. The van der Waals surface area contributed by atoms with E-state index < -0.39 is 0 Å². The molecule has 0 bridgehead atoms. The third-order valence-corrected chi connectivity index (χ3v) is 4.97. The molecule has 3 heterocycles. The highest BCUT2D eigenvalue weighted by molar-refractivity contribution is 5.81. The Labute approximate surface area is 138 Å². The van der Waals surface area contributed by atoms with Gasteiger partial charge in [0.05, 0.1) is 0 Å². The minimum absolute atomic E-state index is 0.201. The Morgan fingerprint density at radius 2 is 2.35 bits per heavy atom. The van der Waals surface area contributed by atoms with Crippen LogP contribution >= 0.6 is 0 Å². The van der Waals surface area contributed by atoms with Crippen LogP contribution in [0, 0.1) is 11.8 Å². The monoisotopic (exact) mass is 317 g/mol. The maximum Gasteiger partial charge on any atom is 0.251 e. The number of carbonyl (C=O) groups excluding carboxylic acids is 1. The summed E-state index contributed by atoms with van der Waals surface area (Å²) in [4.78, 5) is 21.1. The molecule has 1 amide bonds. The van der Waals surface area contributed by atoms with Crippen molar-refractivity contribution >= 4 is 5.91 Å². The summed E-state index contributed by atoms with van der Waals surface area (Å²) in [6.45, 7) is 6.49. The van der Waals surface area contributed by atoms with Gasteiger partial charge < -0.3 is 14.5 Å². The molecule has 1 aromatic rings. The average Bonchev–Trinajstić information content (AvgIpc) is 3.16. The van der Waals surface area contributed by atoms with Crippen molar-refractivity contribution in [3.05, 3.63) is 30.1 Å². The second-order valence-corrected chi connectivity index (χ2v) is 7.05. The average molecular weight is 317 g/mol. The zero-order valence-corrected chi connectivity index (χ0v) is 14.1. The standard InChI is InChI=1S/C18H27N3O2/c1-14-6-9-23-17(14)18(22)21-8-5-16(13-21)12-20(2)11-15-4-3-7-19-10-15/h3-4,7,10,14,16-17H,5-6,8-9,11-13H2,1-2H3/t14-,16-,17-/m1/s1. The van der Waals surface area contributed by atoms with Crippen LogP contribution in [0.15, 0.2) is 24.5 Å². The highest BCUT2D eigenvalue weighted by Crippen LogP contribution is 2.25. The van der Waals surface area contributed by atoms with E-state index in [1.165, 1.54) is 5.56 Å². The van der Waals surface area contributed by atoms with E-state index in [-0.39, 0.29) is 12.0 Å². The molecule has 1 aromatic heterocycles. The second-order valence-electron chi connectivity index (χ2n) is 7.05. The molecule has 23 heavy (non-hydrogen) atoms. The maximum atomic E-state index is 12.6. The van der Waals surface area contributed by atoms with Gasteiger partial charge in [-0.05, 0) is 43.4 Å². The number of carbonyl (C=O) groups is 1. The van der Waals surface area contributed by atoms with Crippen molar-refractivity contribution in [2.45, 2.75) is 32.4 Å². The maximum absolute atomic E-state index is 12.6. The van der Waals surface area contributed by atoms with Gasteiger partial charge in [-0.25, -0.2) is 0 Å². The third kappa shape index (κ3) is 4.09. The fourth-order valence-electron chi connectivity index (χ4n) is 3.68. The molecule has 0 aromatic carbocycles. The smallest absolute Gasteiger partial charge is 0.251 e. The van der Waals surface area contributed by atoms with Crippen molar-refractivity contribution in [1.82, 2.24) is 14.8 Å². The van der Waals surface area contributed by atoms with Crippen LogP contribution < -0.4 is 0 Å². The minimum atomic E-state index is -0.207. The lowest BCUT2D eigenvalue weighted by Crippen LogP contribution is -2.40. The van der Waals surface area contributed by atoms with Crippen molar-refractivity contribution in [2.75, 3.05) is 33.3 Å². The predicted molar refractivity (Wildman–Crippen MR) is 88.8 cm³/mol. The normalized spacial score (nSPS) is 27.8. The molecule has 0 aliphatic carbocycles. The molecule has 5 nitrogen and oxygen atoms in total. The molecule has 3 rings (SSSR count). The SMILES string of the molecule is C[C@@H]1CCO[C@H]1C(=O)N1CC[C@H](CN(C)Cc2cccnc2)C1. The summed E-state index contributed by atoms with van der Waals surface area (Å²) in [5, 5.41) is 0. The topological polar surface area (TPSA) is 45.7 Å². The van der Waals surface area contributed by atoms with Crippen molar-refractivity contribution < 1.29 is 9.53 Å². The van der Waals surface area contributed by atoms with Gasteiger partial charge in [-0.1, -0.05) is 13.0 Å². The van der Waals surface area contributed by atoms with E-state index in [1.54, 1.807) is 6.20 Å². The van der Waals surface area contributed by atoms with Gasteiger partial charge >= 0.3 is 0 Å². The van der Waals surface area contributed by atoms with Crippen LogP contribution in [0.3, 0.4) is 0 Å². The summed E-state index contributed by atoms with van der Waals surface area (Å²) in [6.07, 6.45) is 5.60. The van der Waals surface area contributed by atoms with E-state index in [0.29, 0.717) is 11.8 Å². The lowest BCUT2D eigenvalue weighted by molar-refractivity contribution is -0.141. The first kappa shape index (κ1) is 16.4. The van der Waals surface area contributed by atoms with Crippen LogP contribution in [0.4, 0.5) is 0 Å². The molecule has 2 aliphatic heterocycles. The Balaban J connectivity index is 1.47. The van der Waals surface area contributed by atoms with Crippen molar-refractivity contribution in [3.8, 4) is 0 Å². The van der Waals surface area contributed by atoms with Gasteiger partial charge in [0.1, 0.15) is 6.10 Å². The van der Waals surface area contributed by atoms with Crippen LogP contribution in [0.25, 0.3) is 0 Å². The Morgan fingerprint density at radius 1 is 1.48 bits per heavy atom. The second kappa shape index (κ2) is 7.41. The molecule has 2 aliphatic rings. The summed E-state index contributed by atoms with van der Waals surface area (Å²) < 4.78 is 5.63. The van der Waals surface area contributed by atoms with Crippen LogP contribution in [0.1, 0.15) is 25.3 Å². The van der Waals surface area contributed by atoms with Gasteiger partial charge in [-0.3, -0.25) is 9.78 Å². The molecule has 0 unspecified atom stereocenters. The largest absolute Gasteiger partial charge is 0.368 e. The summed E-state index contributed by atoms with van der Waals surface area (Å²) in [7, 11) is 2.14. The molecule has 0 saturated carbocycles. The van der Waals surface area contributed by atoms with Crippen molar-refractivity contribution in [2.24, 2.45) is 11.8 Å². The zero-order valence-electron chi connectivity index (χ0n) is 14.1. The van der Waals surface area contributed by atoms with Gasteiger partial charge in [0.25, 0.3) is 5.91 Å². The number of amides is 1. The molecule has 0 spiro atoms. The lowest BCUT2D eigenvalue weighted by Gasteiger charge is -2.24. The molecule has 2 saturated heterocycles. The van der Waals surface area contributed by atoms with Gasteiger partial charge in [-0.2, -0.15) is 0 Å². The number of pyridine rings is 1. The molecule has 5 heteroatoms. The van der Waals surface area contributed by atoms with Crippen LogP contribution in [-0.2, 0) is 16.1 Å². The summed E-state index contributed by atoms with van der Waals surface area (Å²) in [5.74, 6) is 1.11. The van der Waals surface area contributed by atoms with Crippen LogP contribution in [0.2, 0.25) is 0 Å². The van der Waals surface area contributed by atoms with Crippen LogP contribution in [-0.4, -0.2) is 60.1 Å². The molecular weight excluding hydrogens is 290 g/mol. The molecular formula is C18H27N3O2. The van der Waals surface area contributed by atoms with Gasteiger partial charge in [0.2, 0.25) is 0 Å². The number of likely N-dealkylation sites (tertiary alicyclic amines) is 1. The lowest BCUT2D eigenvalue weighted by atomic mass is 10.0. The number of aromatic nitrogens is 1. The quantitative estimate of drug-likeness (QED) is 0.830. The van der Waals surface area contributed by atoms with E-state index in [4.69, 9.17) is 4.74 Å². The third-order valence-electron chi connectivity index (χ3n) is 4.97. The predicted octanol–water partition coefficient (Wildman–Crippen LogP) is 1.79. The number of hydrogen-bond acceptors (Lipinski definition) is 4. The van der Waals surface area contributed by atoms with E-state index in [1.807, 2.05) is 17.2 Å². The zero-order chi connectivity index (χ0) is 16.2. The van der Waals surface area contributed by atoms with E-state index in [9.17, 15) is 4.79 Å². The molecule has 2 fully saturated rings. The molecule has 0 N–H and O–H groups in total. The highest BCUT2D eigenvalue weighted by Gasteiger charge is 2.37. The van der Waals surface area contributed by atoms with E-state index >= 15 is 0 Å². The molecule has 126 valence electrons. The Kier molecular flexibility index (Phi) is 5.28. The van der Waals surface area contributed by atoms with E-state index in [2.05, 4.69) is 29.9 Å². The summed E-state index contributed by atoms with van der Waals surface area (Å²) in [5.41, 5.74) is 1.23. The Bertz CT molecular complexity index is 522. The number of ether oxygens (including phenoxy) is 1. The van der Waals surface area contributed by atoms with Crippen molar-refractivity contribution in [3.63, 3.8) is 0 Å². The van der Waals surface area contributed by atoms with Gasteiger partial charge in [0.15, 0.2) is 0 Å². The fraction of sp³-hybridized carbons (Fsp3) is 0.667. The Hall–Kier alpha value is -1.46. The van der Waals surface area contributed by atoms with E-state index in [0.717, 1.165) is 45.6 Å². The Morgan fingerprint density at radius 3 is 3.04 bits per heavy atom. The highest BCUT2D eigenvalue weighted by atomic mass is 16.5. The molecule has 0 radical (unpaired) electrons. The van der Waals surface area contributed by atoms with Crippen LogP contribution in [0.5, 0.6) is 0 Å². The van der Waals surface area contributed by atoms with Gasteiger partial charge in [0, 0.05) is 45.2 Å². The first-order valence-electron chi connectivity index (χ1n) is 8.61. The number of rotatable bonds is 5. The number of nitrogens with zero attached hydrogens (tertiary/aromatic N) is 3. The first-order chi connectivity index (χ1) is 11.1. The van der Waals surface area contributed by atoms with Crippen molar-refractivity contribution in [1.29, 1.82) is 0 Å².